The molecule has 2 saturated heterocycles. The molecular formula is C13H24N2O2. The molecule has 4 nitrogen and oxygen atoms in total. The van der Waals surface area contributed by atoms with E-state index in [1.807, 2.05) is 25.7 Å². The molecule has 2 atom stereocenters. The van der Waals surface area contributed by atoms with E-state index in [0.29, 0.717) is 12.0 Å². The predicted octanol–water partition coefficient (Wildman–Crippen LogP) is 2.00. The van der Waals surface area contributed by atoms with Crippen LogP contribution < -0.4 is 5.32 Å². The smallest absolute Gasteiger partial charge is 0.410 e. The molecule has 2 aliphatic heterocycles. The molecule has 2 rings (SSSR count). The summed E-state index contributed by atoms with van der Waals surface area (Å²) >= 11 is 0. The van der Waals surface area contributed by atoms with Crippen LogP contribution in [0.4, 0.5) is 4.79 Å². The first-order valence-corrected chi connectivity index (χ1v) is 6.67. The third-order valence-electron chi connectivity index (χ3n) is 3.54. The summed E-state index contributed by atoms with van der Waals surface area (Å²) in [6, 6.07) is 0.625. The maximum Gasteiger partial charge on any atom is 0.410 e. The van der Waals surface area contributed by atoms with Crippen LogP contribution in [0.5, 0.6) is 0 Å². The molecule has 0 aromatic heterocycles. The van der Waals surface area contributed by atoms with Gasteiger partial charge in [-0.1, -0.05) is 0 Å². The molecule has 2 heterocycles. The number of likely N-dealkylation sites (tertiary alicyclic amines) is 1. The Balaban J connectivity index is 1.85. The molecule has 98 valence electrons. The minimum Gasteiger partial charge on any atom is -0.444 e. The normalized spacial score (nSPS) is 29.7. The average molecular weight is 240 g/mol. The predicted molar refractivity (Wildman–Crippen MR) is 66.9 cm³/mol. The monoisotopic (exact) mass is 240 g/mol. The summed E-state index contributed by atoms with van der Waals surface area (Å²) in [6.45, 7) is 8.58. The topological polar surface area (TPSA) is 41.6 Å². The van der Waals surface area contributed by atoms with Crippen molar-refractivity contribution in [3.8, 4) is 0 Å². The third kappa shape index (κ3) is 3.35. The van der Waals surface area contributed by atoms with Crippen molar-refractivity contribution < 1.29 is 9.53 Å². The lowest BCUT2D eigenvalue weighted by Crippen LogP contribution is -2.54. The van der Waals surface area contributed by atoms with Gasteiger partial charge in [-0.05, 0) is 52.5 Å². The van der Waals surface area contributed by atoms with Crippen LogP contribution in [-0.4, -0.2) is 42.3 Å². The van der Waals surface area contributed by atoms with Crippen molar-refractivity contribution in [2.45, 2.75) is 51.7 Å². The number of hydrogen-bond acceptors (Lipinski definition) is 3. The van der Waals surface area contributed by atoms with Gasteiger partial charge >= 0.3 is 6.09 Å². The van der Waals surface area contributed by atoms with E-state index in [9.17, 15) is 4.79 Å². The molecule has 0 bridgehead atoms. The van der Waals surface area contributed by atoms with Gasteiger partial charge in [0.25, 0.3) is 0 Å². The molecule has 0 aromatic rings. The number of rotatable bonds is 1. The molecule has 2 fully saturated rings. The molecule has 2 unspecified atom stereocenters. The van der Waals surface area contributed by atoms with E-state index in [2.05, 4.69) is 5.32 Å². The van der Waals surface area contributed by atoms with E-state index in [1.165, 1.54) is 12.8 Å². The van der Waals surface area contributed by atoms with E-state index in [-0.39, 0.29) is 6.09 Å². The molecule has 4 heteroatoms. The highest BCUT2D eigenvalue weighted by Gasteiger charge is 2.33. The minimum absolute atomic E-state index is 0.151. The molecule has 0 aromatic carbocycles. The number of hydrogen-bond donors (Lipinski definition) is 1. The van der Waals surface area contributed by atoms with Gasteiger partial charge in [0.1, 0.15) is 5.60 Å². The molecule has 0 spiro atoms. The molecule has 0 saturated carbocycles. The summed E-state index contributed by atoms with van der Waals surface area (Å²) in [7, 11) is 0. The number of amides is 1. The Morgan fingerprint density at radius 2 is 2.06 bits per heavy atom. The van der Waals surface area contributed by atoms with Gasteiger partial charge in [-0.3, -0.25) is 0 Å². The van der Waals surface area contributed by atoms with Crippen molar-refractivity contribution in [3.05, 3.63) is 0 Å². The Labute approximate surface area is 104 Å². The largest absolute Gasteiger partial charge is 0.444 e. The van der Waals surface area contributed by atoms with Gasteiger partial charge in [0.15, 0.2) is 0 Å². The number of carbonyl (C=O) groups is 1. The second-order valence-corrected chi connectivity index (χ2v) is 6.18. The Kier molecular flexibility index (Phi) is 3.61. The SMILES string of the molecule is CC(C)(C)OC(=O)N1CCCC(C2CCN2)C1. The van der Waals surface area contributed by atoms with Crippen LogP contribution in [0.15, 0.2) is 0 Å². The van der Waals surface area contributed by atoms with Crippen LogP contribution in [0.2, 0.25) is 0 Å². The Bertz CT molecular complexity index is 282. The van der Waals surface area contributed by atoms with Crippen molar-refractivity contribution in [1.29, 1.82) is 0 Å². The number of nitrogens with zero attached hydrogens (tertiary/aromatic N) is 1. The fourth-order valence-electron chi connectivity index (χ4n) is 2.54. The van der Waals surface area contributed by atoms with Crippen LogP contribution in [-0.2, 0) is 4.74 Å². The zero-order valence-corrected chi connectivity index (χ0v) is 11.2. The van der Waals surface area contributed by atoms with E-state index >= 15 is 0 Å². The first kappa shape index (κ1) is 12.7. The molecule has 0 aliphatic carbocycles. The van der Waals surface area contributed by atoms with Crippen molar-refractivity contribution in [2.24, 2.45) is 5.92 Å². The summed E-state index contributed by atoms with van der Waals surface area (Å²) in [6.07, 6.45) is 3.44. The maximum absolute atomic E-state index is 12.0. The van der Waals surface area contributed by atoms with Crippen LogP contribution in [0, 0.1) is 5.92 Å². The molecule has 17 heavy (non-hydrogen) atoms. The summed E-state index contributed by atoms with van der Waals surface area (Å²) in [5.41, 5.74) is -0.390. The number of carbonyl (C=O) groups excluding carboxylic acids is 1. The van der Waals surface area contributed by atoms with Gasteiger partial charge in [-0.15, -0.1) is 0 Å². The van der Waals surface area contributed by atoms with Crippen molar-refractivity contribution in [1.82, 2.24) is 10.2 Å². The van der Waals surface area contributed by atoms with Crippen LogP contribution >= 0.6 is 0 Å². The van der Waals surface area contributed by atoms with Gasteiger partial charge < -0.3 is 15.0 Å². The fourth-order valence-corrected chi connectivity index (χ4v) is 2.54. The van der Waals surface area contributed by atoms with Gasteiger partial charge in [-0.2, -0.15) is 0 Å². The quantitative estimate of drug-likeness (QED) is 0.762. The van der Waals surface area contributed by atoms with Gasteiger partial charge in [0, 0.05) is 19.1 Å². The third-order valence-corrected chi connectivity index (χ3v) is 3.54. The van der Waals surface area contributed by atoms with E-state index in [1.54, 1.807) is 0 Å². The summed E-state index contributed by atoms with van der Waals surface area (Å²) < 4.78 is 5.42. The van der Waals surface area contributed by atoms with Crippen molar-refractivity contribution in [3.63, 3.8) is 0 Å². The summed E-state index contributed by atoms with van der Waals surface area (Å²) in [5, 5.41) is 3.44. The number of piperidine rings is 1. The maximum atomic E-state index is 12.0. The second-order valence-electron chi connectivity index (χ2n) is 6.18. The Hall–Kier alpha value is -0.770. The standard InChI is InChI=1S/C13H24N2O2/c1-13(2,3)17-12(16)15-8-4-5-10(9-15)11-6-7-14-11/h10-11,14H,4-9H2,1-3H3. The van der Waals surface area contributed by atoms with Gasteiger partial charge in [0.05, 0.1) is 0 Å². The first-order chi connectivity index (χ1) is 7.96. The van der Waals surface area contributed by atoms with E-state index in [0.717, 1.165) is 26.1 Å². The van der Waals surface area contributed by atoms with Crippen LogP contribution in [0.1, 0.15) is 40.0 Å². The Morgan fingerprint density at radius 3 is 2.59 bits per heavy atom. The van der Waals surface area contributed by atoms with Crippen LogP contribution in [0.3, 0.4) is 0 Å². The zero-order chi connectivity index (χ0) is 12.5. The van der Waals surface area contributed by atoms with Gasteiger partial charge in [-0.25, -0.2) is 4.79 Å². The van der Waals surface area contributed by atoms with E-state index < -0.39 is 5.60 Å². The molecule has 1 amide bonds. The molecule has 2 aliphatic rings. The summed E-state index contributed by atoms with van der Waals surface area (Å²) in [4.78, 5) is 13.8. The lowest BCUT2D eigenvalue weighted by Gasteiger charge is -2.41. The number of nitrogens with one attached hydrogen (secondary N) is 1. The molecule has 1 N–H and O–H groups in total. The fraction of sp³-hybridized carbons (Fsp3) is 0.923. The first-order valence-electron chi connectivity index (χ1n) is 6.67. The number of ether oxygens (including phenoxy) is 1. The molecule has 0 radical (unpaired) electrons. The zero-order valence-electron chi connectivity index (χ0n) is 11.2. The van der Waals surface area contributed by atoms with Gasteiger partial charge in [0.2, 0.25) is 0 Å². The highest BCUT2D eigenvalue weighted by molar-refractivity contribution is 5.68. The highest BCUT2D eigenvalue weighted by Crippen LogP contribution is 2.25. The lowest BCUT2D eigenvalue weighted by molar-refractivity contribution is 0.0125. The average Bonchev–Trinajstić information content (AvgIpc) is 2.12. The van der Waals surface area contributed by atoms with E-state index in [4.69, 9.17) is 4.74 Å². The minimum atomic E-state index is -0.390. The molecular weight excluding hydrogens is 216 g/mol. The lowest BCUT2D eigenvalue weighted by atomic mass is 9.85. The summed E-state index contributed by atoms with van der Waals surface area (Å²) in [5.74, 6) is 0.616. The second kappa shape index (κ2) is 4.84. The highest BCUT2D eigenvalue weighted by atomic mass is 16.6. The van der Waals surface area contributed by atoms with Crippen LogP contribution in [0.25, 0.3) is 0 Å². The van der Waals surface area contributed by atoms with Crippen molar-refractivity contribution in [2.75, 3.05) is 19.6 Å². The Morgan fingerprint density at radius 1 is 1.35 bits per heavy atom. The van der Waals surface area contributed by atoms with Crippen molar-refractivity contribution >= 4 is 6.09 Å².